The summed E-state index contributed by atoms with van der Waals surface area (Å²) in [5.74, 6) is 1.19. The van der Waals surface area contributed by atoms with Crippen LogP contribution in [0.2, 0.25) is 0 Å². The van der Waals surface area contributed by atoms with E-state index in [1.54, 1.807) is 13.3 Å². The molecule has 2 aromatic rings. The van der Waals surface area contributed by atoms with E-state index in [-0.39, 0.29) is 17.8 Å². The van der Waals surface area contributed by atoms with Gasteiger partial charge in [0.05, 0.1) is 7.11 Å². The van der Waals surface area contributed by atoms with Gasteiger partial charge >= 0.3 is 0 Å². The van der Waals surface area contributed by atoms with E-state index in [9.17, 15) is 9.59 Å². The van der Waals surface area contributed by atoms with Crippen LogP contribution < -0.4 is 15.4 Å². The van der Waals surface area contributed by atoms with Gasteiger partial charge in [-0.25, -0.2) is 4.98 Å². The van der Waals surface area contributed by atoms with E-state index in [1.165, 1.54) is 13.8 Å². The molecule has 0 spiro atoms. The van der Waals surface area contributed by atoms with Crippen LogP contribution in [0.1, 0.15) is 55.9 Å². The average molecular weight is 370 g/mol. The summed E-state index contributed by atoms with van der Waals surface area (Å²) in [6, 6.07) is 4.15. The summed E-state index contributed by atoms with van der Waals surface area (Å²) >= 11 is 0. The topological polar surface area (TPSA) is 93.2 Å². The molecule has 0 bridgehead atoms. The fraction of sp³-hybridized carbons (Fsp3) is 0.400. The lowest BCUT2D eigenvalue weighted by atomic mass is 9.91. The lowest BCUT2D eigenvalue weighted by Crippen LogP contribution is -2.15. The van der Waals surface area contributed by atoms with Crippen LogP contribution in [0.3, 0.4) is 0 Å². The number of benzene rings is 1. The van der Waals surface area contributed by atoms with Gasteiger partial charge in [-0.3, -0.25) is 14.9 Å². The lowest BCUT2D eigenvalue weighted by molar-refractivity contribution is -0.115. The first kappa shape index (κ1) is 20.4. The standard InChI is InChI=1S/C20H26N4O3/c1-11(2)17-9-18(27-6)12(3)7-15(17)8-16-10-21-20(23-14(5)26)24-19(16)22-13(4)25/h7,9-11H,8H2,1-6H3,(H2,21,22,23,24,25,26). The van der Waals surface area contributed by atoms with Gasteiger partial charge in [0.2, 0.25) is 17.8 Å². The number of hydrogen-bond donors (Lipinski definition) is 2. The van der Waals surface area contributed by atoms with E-state index in [4.69, 9.17) is 4.74 Å². The normalized spacial score (nSPS) is 10.6. The van der Waals surface area contributed by atoms with E-state index in [0.717, 1.165) is 28.0 Å². The van der Waals surface area contributed by atoms with Gasteiger partial charge in [-0.1, -0.05) is 19.9 Å². The fourth-order valence-electron chi connectivity index (χ4n) is 2.91. The number of methoxy groups -OCH3 is 1. The molecule has 0 aliphatic heterocycles. The van der Waals surface area contributed by atoms with E-state index in [1.807, 2.05) is 6.92 Å². The van der Waals surface area contributed by atoms with Crippen molar-refractivity contribution in [1.29, 1.82) is 0 Å². The van der Waals surface area contributed by atoms with E-state index in [0.29, 0.717) is 18.2 Å². The second-order valence-electron chi connectivity index (χ2n) is 6.78. The Morgan fingerprint density at radius 3 is 2.33 bits per heavy atom. The predicted molar refractivity (Wildman–Crippen MR) is 105 cm³/mol. The summed E-state index contributed by atoms with van der Waals surface area (Å²) in [7, 11) is 1.66. The number of ether oxygens (including phenoxy) is 1. The molecule has 2 rings (SSSR count). The Labute approximate surface area is 159 Å². The highest BCUT2D eigenvalue weighted by Gasteiger charge is 2.15. The third kappa shape index (κ3) is 5.26. The molecule has 0 radical (unpaired) electrons. The summed E-state index contributed by atoms with van der Waals surface area (Å²) in [6.07, 6.45) is 2.18. The van der Waals surface area contributed by atoms with Crippen LogP contribution in [0.5, 0.6) is 5.75 Å². The molecule has 144 valence electrons. The Balaban J connectivity index is 2.48. The molecular weight excluding hydrogens is 344 g/mol. The molecule has 0 fully saturated rings. The van der Waals surface area contributed by atoms with E-state index >= 15 is 0 Å². The van der Waals surface area contributed by atoms with Crippen molar-refractivity contribution in [2.75, 3.05) is 17.7 Å². The maximum absolute atomic E-state index is 11.6. The number of aromatic nitrogens is 2. The molecule has 1 aromatic heterocycles. The number of rotatable bonds is 6. The number of carbonyl (C=O) groups is 2. The molecule has 0 unspecified atom stereocenters. The average Bonchev–Trinajstić information content (AvgIpc) is 2.56. The molecule has 0 aliphatic rings. The summed E-state index contributed by atoms with van der Waals surface area (Å²) < 4.78 is 5.45. The molecule has 1 heterocycles. The Morgan fingerprint density at radius 2 is 1.78 bits per heavy atom. The molecule has 27 heavy (non-hydrogen) atoms. The van der Waals surface area contributed by atoms with Crippen molar-refractivity contribution in [3.05, 3.63) is 40.6 Å². The number of carbonyl (C=O) groups excluding carboxylic acids is 2. The molecule has 7 heteroatoms. The van der Waals surface area contributed by atoms with Crippen molar-refractivity contribution >= 4 is 23.6 Å². The highest BCUT2D eigenvalue weighted by atomic mass is 16.5. The van der Waals surface area contributed by atoms with Gasteiger partial charge in [-0.05, 0) is 35.6 Å². The van der Waals surface area contributed by atoms with Gasteiger partial charge in [-0.15, -0.1) is 0 Å². The Kier molecular flexibility index (Phi) is 6.50. The number of nitrogens with one attached hydrogen (secondary N) is 2. The van der Waals surface area contributed by atoms with Gasteiger partial charge in [0.15, 0.2) is 0 Å². The smallest absolute Gasteiger partial charge is 0.231 e. The number of hydrogen-bond acceptors (Lipinski definition) is 5. The van der Waals surface area contributed by atoms with Gasteiger partial charge < -0.3 is 10.1 Å². The number of nitrogens with zero attached hydrogens (tertiary/aromatic N) is 2. The maximum Gasteiger partial charge on any atom is 0.231 e. The monoisotopic (exact) mass is 370 g/mol. The molecule has 0 saturated carbocycles. The number of anilines is 2. The fourth-order valence-corrected chi connectivity index (χ4v) is 2.91. The predicted octanol–water partition coefficient (Wildman–Crippen LogP) is 3.42. The first-order chi connectivity index (χ1) is 12.7. The molecule has 0 aliphatic carbocycles. The zero-order valence-electron chi connectivity index (χ0n) is 16.6. The number of amides is 2. The zero-order chi connectivity index (χ0) is 20.1. The van der Waals surface area contributed by atoms with Crippen LogP contribution in [0.15, 0.2) is 18.3 Å². The van der Waals surface area contributed by atoms with Crippen molar-refractivity contribution in [3.63, 3.8) is 0 Å². The zero-order valence-corrected chi connectivity index (χ0v) is 16.6. The first-order valence-electron chi connectivity index (χ1n) is 8.79. The highest BCUT2D eigenvalue weighted by Crippen LogP contribution is 2.30. The quantitative estimate of drug-likeness (QED) is 0.813. The minimum Gasteiger partial charge on any atom is -0.496 e. The van der Waals surface area contributed by atoms with Crippen molar-refractivity contribution < 1.29 is 14.3 Å². The van der Waals surface area contributed by atoms with Gasteiger partial charge in [-0.2, -0.15) is 4.98 Å². The van der Waals surface area contributed by atoms with Crippen LogP contribution >= 0.6 is 0 Å². The van der Waals surface area contributed by atoms with Crippen LogP contribution in [-0.2, 0) is 16.0 Å². The third-order valence-corrected chi connectivity index (χ3v) is 4.11. The Bertz CT molecular complexity index is 863. The molecule has 7 nitrogen and oxygen atoms in total. The molecular formula is C20H26N4O3. The lowest BCUT2D eigenvalue weighted by Gasteiger charge is -2.18. The molecule has 0 saturated heterocycles. The summed E-state index contributed by atoms with van der Waals surface area (Å²) in [4.78, 5) is 31.3. The van der Waals surface area contributed by atoms with Crippen molar-refractivity contribution in [1.82, 2.24) is 9.97 Å². The van der Waals surface area contributed by atoms with Crippen LogP contribution in [0.25, 0.3) is 0 Å². The van der Waals surface area contributed by atoms with Crippen molar-refractivity contribution in [3.8, 4) is 5.75 Å². The Morgan fingerprint density at radius 1 is 1.11 bits per heavy atom. The van der Waals surface area contributed by atoms with E-state index < -0.39 is 0 Å². The van der Waals surface area contributed by atoms with Crippen LogP contribution in [0.4, 0.5) is 11.8 Å². The summed E-state index contributed by atoms with van der Waals surface area (Å²) in [5, 5.41) is 5.26. The SMILES string of the molecule is COc1cc(C(C)C)c(Cc2cnc(NC(C)=O)nc2NC(C)=O)cc1C. The largest absolute Gasteiger partial charge is 0.496 e. The van der Waals surface area contributed by atoms with E-state index in [2.05, 4.69) is 46.6 Å². The summed E-state index contributed by atoms with van der Waals surface area (Å²) in [5.41, 5.74) is 4.09. The van der Waals surface area contributed by atoms with Gasteiger partial charge in [0.1, 0.15) is 11.6 Å². The summed E-state index contributed by atoms with van der Waals surface area (Å²) in [6.45, 7) is 9.04. The van der Waals surface area contributed by atoms with Crippen LogP contribution in [-0.4, -0.2) is 28.9 Å². The molecule has 2 amide bonds. The molecule has 0 atom stereocenters. The van der Waals surface area contributed by atoms with Gasteiger partial charge in [0.25, 0.3) is 0 Å². The van der Waals surface area contributed by atoms with Crippen LogP contribution in [0, 0.1) is 6.92 Å². The second-order valence-corrected chi connectivity index (χ2v) is 6.78. The highest BCUT2D eigenvalue weighted by molar-refractivity contribution is 5.90. The Hall–Kier alpha value is -2.96. The first-order valence-corrected chi connectivity index (χ1v) is 8.79. The maximum atomic E-state index is 11.6. The molecule has 2 N–H and O–H groups in total. The second kappa shape index (κ2) is 8.62. The third-order valence-electron chi connectivity index (χ3n) is 4.11. The van der Waals surface area contributed by atoms with Crippen molar-refractivity contribution in [2.24, 2.45) is 0 Å². The number of aryl methyl sites for hydroxylation is 1. The molecule has 1 aromatic carbocycles. The minimum atomic E-state index is -0.274. The minimum absolute atomic E-state index is 0.157. The van der Waals surface area contributed by atoms with Crippen molar-refractivity contribution in [2.45, 2.75) is 47.0 Å². The van der Waals surface area contributed by atoms with Gasteiger partial charge in [0, 0.05) is 32.0 Å².